The first-order chi connectivity index (χ1) is 66.5. The van der Waals surface area contributed by atoms with E-state index in [0.29, 0.717) is 41.4 Å². The van der Waals surface area contributed by atoms with Gasteiger partial charge in [-0.2, -0.15) is 20.3 Å². The van der Waals surface area contributed by atoms with Gasteiger partial charge in [0.1, 0.15) is 18.3 Å². The van der Waals surface area contributed by atoms with Gasteiger partial charge in [-0.3, -0.25) is 19.4 Å². The maximum Gasteiger partial charge on any atom is 0.385 e. The van der Waals surface area contributed by atoms with E-state index in [1.54, 1.807) is 48.1 Å². The Hall–Kier alpha value is -4.45. The molecule has 0 spiro atoms. The summed E-state index contributed by atoms with van der Waals surface area (Å²) in [6, 6.07) is 67.0. The van der Waals surface area contributed by atoms with Crippen molar-refractivity contribution >= 4 is 83.6 Å². The lowest BCUT2D eigenvalue weighted by Gasteiger charge is -2.52. The van der Waals surface area contributed by atoms with Crippen LogP contribution in [-0.4, -0.2) is 180 Å². The highest BCUT2D eigenvalue weighted by Crippen LogP contribution is 2.46. The van der Waals surface area contributed by atoms with Crippen LogP contribution in [0.15, 0.2) is 182 Å². The number of piperidine rings is 4. The lowest BCUT2D eigenvalue weighted by molar-refractivity contribution is -0.304. The molecule has 4 aliphatic heterocycles. The number of rotatable bonds is 38. The molecule has 4 fully saturated rings. The molecule has 4 aliphatic rings. The van der Waals surface area contributed by atoms with Gasteiger partial charge in [0.05, 0.1) is 6.61 Å². The average Bonchev–Trinajstić information content (AvgIpc) is 0.788. The van der Waals surface area contributed by atoms with Crippen LogP contribution in [0.25, 0.3) is 0 Å². The van der Waals surface area contributed by atoms with Crippen LogP contribution in [0.4, 0.5) is 0 Å². The zero-order valence-electron chi connectivity index (χ0n) is 94.7. The van der Waals surface area contributed by atoms with Gasteiger partial charge in [-0.05, 0) is 351 Å². The standard InChI is InChI=1S/C27H39NO.3C18H29NO.C15H25ClO3Si2.C9H12.C6H15ClO3Si2.C5H13ClO3Si2/c1-21-13-15-23(16-14-21)22(2)19-25(24-11-8-7-9-12-24)20-29-28-26(3,4)17-10-18-27(28,5)6;3*1-14-8-10-16(11-9-14)15(2)20-19-17(3,4)12-7-13-18(19,5)6;1-18-21(19-2,20(3)17)12-8-7-11-15(13-16)14-9-5-4-6-10-14;1-3-9-6-4-8(2)5-7-9;1-9-12(10-2,11(3)8)6-4-5-7;1-8-11(9-2,5-4-6)10(3)7/h7-9,11-16,22,25H,10,17-20H2,1-6H3;3*8-11,15H,7,12-13H2,1-6H3;4-6,9-10,15H,7-8,11-13H2,1-3H3;4-7H,3H2,1-2H3;4-6H2,1-3H3;4-5H2,1-3H3. The molecule has 6 unspecified atom stereocenters. The Morgan fingerprint density at radius 2 is 0.585 bits per heavy atom. The van der Waals surface area contributed by atoms with Gasteiger partial charge in [-0.1, -0.05) is 236 Å². The molecule has 7 aromatic rings. The summed E-state index contributed by atoms with van der Waals surface area (Å²) in [5, 5.41) is 9.03. The van der Waals surface area contributed by atoms with Gasteiger partial charge in [-0.25, -0.2) is 0 Å². The second-order valence-corrected chi connectivity index (χ2v) is 70.8. The number of halogens is 3. The van der Waals surface area contributed by atoms with E-state index in [9.17, 15) is 13.4 Å². The summed E-state index contributed by atoms with van der Waals surface area (Å²) in [4.78, 5) is 25.8. The van der Waals surface area contributed by atoms with Gasteiger partial charge in [0.25, 0.3) is 0 Å². The Kier molecular flexibility index (Phi) is 56.5. The lowest BCUT2D eigenvalue weighted by Crippen LogP contribution is -2.58. The van der Waals surface area contributed by atoms with Crippen molar-refractivity contribution in [3.8, 4) is 0 Å². The number of alkyl halides is 3. The van der Waals surface area contributed by atoms with Crippen molar-refractivity contribution in [2.75, 3.05) is 66.9 Å². The number of unbranched alkanes of at least 4 members (excludes halogenated alkanes) is 1. The molecule has 17 nitrogen and oxygen atoms in total. The second-order valence-electron chi connectivity index (χ2n) is 44.7. The van der Waals surface area contributed by atoms with E-state index in [0.717, 1.165) is 57.2 Å². The van der Waals surface area contributed by atoms with E-state index in [1.165, 1.54) is 158 Å². The third-order valence-electron chi connectivity index (χ3n) is 29.0. The Labute approximate surface area is 886 Å². The van der Waals surface area contributed by atoms with E-state index in [2.05, 4.69) is 364 Å². The largest absolute Gasteiger partial charge is 0.396 e. The van der Waals surface area contributed by atoms with Gasteiger partial charge in [0.2, 0.25) is 0 Å². The molecule has 142 heavy (non-hydrogen) atoms. The van der Waals surface area contributed by atoms with Gasteiger partial charge in [0, 0.05) is 117 Å². The van der Waals surface area contributed by atoms with Crippen molar-refractivity contribution in [1.82, 2.24) is 20.3 Å². The third kappa shape index (κ3) is 41.4. The van der Waals surface area contributed by atoms with E-state index >= 15 is 0 Å². The number of nitrogens with zero attached hydrogens (tertiary/aromatic N) is 4. The van der Waals surface area contributed by atoms with E-state index in [4.69, 9.17) is 80.7 Å². The molecule has 0 radical (unpaired) electrons. The molecule has 26 heteroatoms. The Bertz CT molecular complexity index is 4430. The zero-order valence-corrected chi connectivity index (χ0v) is 103. The van der Waals surface area contributed by atoms with Crippen molar-refractivity contribution < 1.29 is 59.3 Å². The lowest BCUT2D eigenvalue weighted by atomic mass is 9.82. The molecular weight excluding hydrogens is 1930 g/mol. The molecule has 0 amide bonds. The topological polar surface area (TPSA) is 156 Å². The minimum atomic E-state index is -2.47. The summed E-state index contributed by atoms with van der Waals surface area (Å²) in [6.45, 7) is 64.1. The Morgan fingerprint density at radius 3 is 0.838 bits per heavy atom. The Balaban J connectivity index is 0.000000346. The van der Waals surface area contributed by atoms with E-state index in [1.807, 2.05) is 18.2 Å². The summed E-state index contributed by atoms with van der Waals surface area (Å²) in [5.74, 6) is 2.89. The van der Waals surface area contributed by atoms with Crippen LogP contribution in [0.2, 0.25) is 37.8 Å². The first-order valence-corrected chi connectivity index (χ1v) is 68.7. The summed E-state index contributed by atoms with van der Waals surface area (Å²) >= 11 is 17.2. The third-order valence-corrected chi connectivity index (χ3v) is 55.9. The summed E-state index contributed by atoms with van der Waals surface area (Å²) < 4.78 is 66.3. The molecule has 0 saturated carbocycles. The number of hydroxylamine groups is 8. The fourth-order valence-corrected chi connectivity index (χ4v) is 38.0. The van der Waals surface area contributed by atoms with E-state index < -0.39 is 48.8 Å². The zero-order chi connectivity index (χ0) is 107. The van der Waals surface area contributed by atoms with Crippen molar-refractivity contribution in [3.63, 3.8) is 0 Å². The smallest absolute Gasteiger partial charge is 0.385 e. The first kappa shape index (κ1) is 130. The van der Waals surface area contributed by atoms with Crippen LogP contribution in [0.3, 0.4) is 0 Å². The summed E-state index contributed by atoms with van der Waals surface area (Å²) in [5.41, 5.74) is 16.5. The highest BCUT2D eigenvalue weighted by Gasteiger charge is 2.49. The number of hydrogen-bond donors (Lipinski definition) is 0. The van der Waals surface area contributed by atoms with Crippen LogP contribution in [0.5, 0.6) is 0 Å². The fourth-order valence-electron chi connectivity index (χ4n) is 20.2. The minimum absolute atomic E-state index is 0.0750. The maximum absolute atomic E-state index is 11.9. The van der Waals surface area contributed by atoms with Crippen molar-refractivity contribution in [2.24, 2.45) is 0 Å². The van der Waals surface area contributed by atoms with Crippen molar-refractivity contribution in [1.29, 1.82) is 0 Å². The molecule has 4 heterocycles. The molecule has 0 bridgehead atoms. The monoisotopic (exact) mass is 2120 g/mol. The predicted octanol–water partition coefficient (Wildman–Crippen LogP) is 31.5. The van der Waals surface area contributed by atoms with Gasteiger partial charge < -0.3 is 39.9 Å². The SMILES string of the molecule is CCc1ccc(C)cc1.CO[Si](CCCCC(CCl)c1ccccc1)(OC)[Si](C)=O.CO[Si](CCCCl)(OC)[Si](C)=O.CO[Si](CCCl)(OC)[Si](C)=O.Cc1ccc(C(C)CC(CON2C(C)(C)CCCC2(C)C)c2ccccc2)cc1.Cc1ccc(C(C)ON2C(C)(C)CCCC2(C)C)cc1.Cc1ccc(C(C)ON2C(C)(C)CCCC2(C)C)cc1.Cc1ccc(C(C)ON2C(C)(C)CCCC2(C)C)cc1. The van der Waals surface area contributed by atoms with Crippen LogP contribution >= 0.6 is 34.8 Å². The molecule has 0 aromatic heterocycles. The summed E-state index contributed by atoms with van der Waals surface area (Å²) in [7, 11) is -3.05. The predicted molar refractivity (Wildman–Crippen MR) is 608 cm³/mol. The molecule has 0 aliphatic carbocycles. The number of benzene rings is 7. The normalized spacial score (nSPS) is 18.6. The average molecular weight is 2120 g/mol. The Morgan fingerprint density at radius 1 is 0.324 bits per heavy atom. The van der Waals surface area contributed by atoms with Crippen molar-refractivity contribution in [3.05, 3.63) is 249 Å². The molecule has 4 saturated heterocycles. The summed E-state index contributed by atoms with van der Waals surface area (Å²) in [6.07, 6.45) is 21.0. The highest BCUT2D eigenvalue weighted by atomic mass is 35.5. The van der Waals surface area contributed by atoms with Crippen LogP contribution in [0, 0.1) is 34.6 Å². The molecule has 7 aromatic carbocycles. The molecule has 11 rings (SSSR count). The first-order valence-electron chi connectivity index (χ1n) is 52.3. The fraction of sp³-hybridized carbons (Fsp3) is 0.638. The van der Waals surface area contributed by atoms with Crippen LogP contribution < -0.4 is 0 Å². The minimum Gasteiger partial charge on any atom is -0.396 e. The highest BCUT2D eigenvalue weighted by molar-refractivity contribution is 7.21. The molecular formula is C116H191Cl3N4O13Si6. The van der Waals surface area contributed by atoms with E-state index in [-0.39, 0.29) is 62.6 Å². The van der Waals surface area contributed by atoms with Crippen LogP contribution in [-0.2, 0) is 65.7 Å². The van der Waals surface area contributed by atoms with Gasteiger partial charge >= 0.3 is 48.8 Å². The quantitative estimate of drug-likeness (QED) is 0.0204. The van der Waals surface area contributed by atoms with Gasteiger partial charge in [0.15, 0.2) is 0 Å². The number of hydrogen-bond acceptors (Lipinski definition) is 17. The number of aryl methyl sites for hydroxylation is 6. The van der Waals surface area contributed by atoms with Crippen LogP contribution in [0.1, 0.15) is 357 Å². The molecule has 0 N–H and O–H groups in total. The van der Waals surface area contributed by atoms with Gasteiger partial charge in [-0.15, -0.1) is 34.8 Å². The maximum atomic E-state index is 11.9. The molecule has 798 valence electrons. The van der Waals surface area contributed by atoms with Crippen molar-refractivity contribution in [2.45, 2.75) is 414 Å². The molecule has 6 atom stereocenters. The second kappa shape index (κ2) is 61.8.